The lowest BCUT2D eigenvalue weighted by atomic mass is 10.2. The number of piperazine rings is 1. The number of rotatable bonds is 5. The van der Waals surface area contributed by atoms with Crippen molar-refractivity contribution in [3.05, 3.63) is 47.8 Å². The van der Waals surface area contributed by atoms with Crippen molar-refractivity contribution in [2.75, 3.05) is 42.9 Å². The molecular formula is C19H27N5. The van der Waals surface area contributed by atoms with Crippen LogP contribution < -0.4 is 10.2 Å². The Bertz CT molecular complexity index is 630. The molecule has 1 atom stereocenters. The Morgan fingerprint density at radius 3 is 2.25 bits per heavy atom. The lowest BCUT2D eigenvalue weighted by Gasteiger charge is -2.39. The molecule has 0 spiro atoms. The Hall–Kier alpha value is -2.14. The van der Waals surface area contributed by atoms with Crippen LogP contribution >= 0.6 is 0 Å². The van der Waals surface area contributed by atoms with Gasteiger partial charge in [-0.15, -0.1) is 0 Å². The first kappa shape index (κ1) is 16.7. The highest BCUT2D eigenvalue weighted by molar-refractivity contribution is 5.46. The van der Waals surface area contributed by atoms with E-state index in [9.17, 15) is 0 Å². The van der Waals surface area contributed by atoms with Crippen LogP contribution in [-0.2, 0) is 0 Å². The number of para-hydroxylation sites is 1. The first-order valence-corrected chi connectivity index (χ1v) is 8.72. The van der Waals surface area contributed by atoms with Gasteiger partial charge in [0.15, 0.2) is 0 Å². The Morgan fingerprint density at radius 2 is 1.62 bits per heavy atom. The lowest BCUT2D eigenvalue weighted by Crippen LogP contribution is -2.51. The third kappa shape index (κ3) is 4.23. The van der Waals surface area contributed by atoms with Gasteiger partial charge in [0.25, 0.3) is 0 Å². The quantitative estimate of drug-likeness (QED) is 0.916. The first-order chi connectivity index (χ1) is 11.6. The molecule has 5 nitrogen and oxygen atoms in total. The van der Waals surface area contributed by atoms with E-state index in [4.69, 9.17) is 0 Å². The van der Waals surface area contributed by atoms with E-state index in [0.29, 0.717) is 6.04 Å². The van der Waals surface area contributed by atoms with Crippen LogP contribution in [0.1, 0.15) is 18.3 Å². The predicted octanol–water partition coefficient (Wildman–Crippen LogP) is 2.72. The summed E-state index contributed by atoms with van der Waals surface area (Å²) in [6.45, 7) is 11.5. The number of hydrogen-bond donors (Lipinski definition) is 1. The Kier molecular flexibility index (Phi) is 5.30. The predicted molar refractivity (Wildman–Crippen MR) is 99.7 cm³/mol. The van der Waals surface area contributed by atoms with Gasteiger partial charge in [0.05, 0.1) is 0 Å². The van der Waals surface area contributed by atoms with Gasteiger partial charge >= 0.3 is 0 Å². The Morgan fingerprint density at radius 1 is 1.00 bits per heavy atom. The van der Waals surface area contributed by atoms with Crippen LogP contribution in [0.2, 0.25) is 0 Å². The van der Waals surface area contributed by atoms with Crippen molar-refractivity contribution >= 4 is 11.6 Å². The molecule has 0 amide bonds. The molecule has 1 aliphatic heterocycles. The van der Waals surface area contributed by atoms with Crippen molar-refractivity contribution in [1.82, 2.24) is 14.9 Å². The summed E-state index contributed by atoms with van der Waals surface area (Å²) in [7, 11) is 0. The van der Waals surface area contributed by atoms with Crippen LogP contribution in [0.15, 0.2) is 36.4 Å². The van der Waals surface area contributed by atoms with Crippen molar-refractivity contribution in [1.29, 1.82) is 0 Å². The van der Waals surface area contributed by atoms with Crippen LogP contribution in [0, 0.1) is 13.8 Å². The Balaban J connectivity index is 1.49. The minimum atomic E-state index is 0.465. The zero-order chi connectivity index (χ0) is 16.9. The second-order valence-corrected chi connectivity index (χ2v) is 6.56. The molecule has 1 aromatic heterocycles. The molecule has 3 rings (SSSR count). The molecule has 1 unspecified atom stereocenters. The van der Waals surface area contributed by atoms with Crippen molar-refractivity contribution < 1.29 is 0 Å². The van der Waals surface area contributed by atoms with Gasteiger partial charge in [-0.1, -0.05) is 18.2 Å². The summed E-state index contributed by atoms with van der Waals surface area (Å²) in [5.41, 5.74) is 3.34. The minimum Gasteiger partial charge on any atom is -0.369 e. The first-order valence-electron chi connectivity index (χ1n) is 8.72. The van der Waals surface area contributed by atoms with Gasteiger partial charge in [-0.3, -0.25) is 4.90 Å². The monoisotopic (exact) mass is 325 g/mol. The number of benzene rings is 1. The maximum Gasteiger partial charge on any atom is 0.223 e. The summed E-state index contributed by atoms with van der Waals surface area (Å²) in [5, 5.41) is 3.39. The van der Waals surface area contributed by atoms with Gasteiger partial charge < -0.3 is 10.2 Å². The van der Waals surface area contributed by atoms with Crippen LogP contribution in [0.4, 0.5) is 11.6 Å². The smallest absolute Gasteiger partial charge is 0.223 e. The van der Waals surface area contributed by atoms with E-state index < -0.39 is 0 Å². The fourth-order valence-electron chi connectivity index (χ4n) is 3.23. The third-order valence-electron chi connectivity index (χ3n) is 4.60. The molecule has 1 aliphatic rings. The number of nitrogens with zero attached hydrogens (tertiary/aromatic N) is 4. The molecule has 1 fully saturated rings. The number of nitrogens with one attached hydrogen (secondary N) is 1. The van der Waals surface area contributed by atoms with Crippen molar-refractivity contribution in [2.24, 2.45) is 0 Å². The lowest BCUT2D eigenvalue weighted by molar-refractivity contribution is 0.204. The van der Waals surface area contributed by atoms with Gasteiger partial charge in [-0.2, -0.15) is 0 Å². The van der Waals surface area contributed by atoms with E-state index in [-0.39, 0.29) is 0 Å². The average molecular weight is 325 g/mol. The number of hydrogen-bond acceptors (Lipinski definition) is 5. The molecule has 5 heteroatoms. The van der Waals surface area contributed by atoms with Gasteiger partial charge in [0.1, 0.15) is 0 Å². The average Bonchev–Trinajstić information content (AvgIpc) is 2.60. The SMILES string of the molecule is Cc1cc(C)nc(NCC(C)N2CCN(c3ccccc3)CC2)n1. The summed E-state index contributed by atoms with van der Waals surface area (Å²) >= 11 is 0. The topological polar surface area (TPSA) is 44.3 Å². The zero-order valence-corrected chi connectivity index (χ0v) is 14.9. The second kappa shape index (κ2) is 7.62. The highest BCUT2D eigenvalue weighted by Gasteiger charge is 2.21. The molecule has 0 aliphatic carbocycles. The van der Waals surface area contributed by atoms with E-state index in [2.05, 4.69) is 62.3 Å². The van der Waals surface area contributed by atoms with Crippen LogP contribution in [0.3, 0.4) is 0 Å². The Labute approximate surface area is 144 Å². The standard InChI is InChI=1S/C19H27N5/c1-15-13-16(2)22-19(21-15)20-14-17(3)23-9-11-24(12-10-23)18-7-5-4-6-8-18/h4-8,13,17H,9-12,14H2,1-3H3,(H,20,21,22). The van der Waals surface area contributed by atoms with Crippen molar-refractivity contribution in [2.45, 2.75) is 26.8 Å². The summed E-state index contributed by atoms with van der Waals surface area (Å²) in [6.07, 6.45) is 0. The normalized spacial score (nSPS) is 16.9. The second-order valence-electron chi connectivity index (χ2n) is 6.56. The van der Waals surface area contributed by atoms with Gasteiger partial charge in [0.2, 0.25) is 5.95 Å². The zero-order valence-electron chi connectivity index (χ0n) is 14.9. The third-order valence-corrected chi connectivity index (χ3v) is 4.60. The molecular weight excluding hydrogens is 298 g/mol. The fraction of sp³-hybridized carbons (Fsp3) is 0.474. The number of anilines is 2. The van der Waals surface area contributed by atoms with E-state index in [1.54, 1.807) is 0 Å². The van der Waals surface area contributed by atoms with Crippen LogP contribution in [0.25, 0.3) is 0 Å². The molecule has 2 aromatic rings. The molecule has 0 saturated carbocycles. The summed E-state index contributed by atoms with van der Waals surface area (Å²) in [4.78, 5) is 13.9. The summed E-state index contributed by atoms with van der Waals surface area (Å²) in [5.74, 6) is 0.738. The number of aromatic nitrogens is 2. The molecule has 0 radical (unpaired) electrons. The number of aryl methyl sites for hydroxylation is 2. The molecule has 2 heterocycles. The summed E-state index contributed by atoms with van der Waals surface area (Å²) in [6, 6.07) is 13.1. The van der Waals surface area contributed by atoms with Gasteiger partial charge in [-0.25, -0.2) is 9.97 Å². The van der Waals surface area contributed by atoms with E-state index in [1.165, 1.54) is 5.69 Å². The minimum absolute atomic E-state index is 0.465. The fourth-order valence-corrected chi connectivity index (χ4v) is 3.23. The molecule has 128 valence electrons. The maximum atomic E-state index is 4.45. The highest BCUT2D eigenvalue weighted by Crippen LogP contribution is 2.16. The van der Waals surface area contributed by atoms with Crippen LogP contribution in [0.5, 0.6) is 0 Å². The molecule has 24 heavy (non-hydrogen) atoms. The molecule has 0 bridgehead atoms. The summed E-state index contributed by atoms with van der Waals surface area (Å²) < 4.78 is 0. The van der Waals surface area contributed by atoms with Gasteiger partial charge in [0, 0.05) is 55.8 Å². The van der Waals surface area contributed by atoms with Gasteiger partial charge in [-0.05, 0) is 39.0 Å². The van der Waals surface area contributed by atoms with E-state index >= 15 is 0 Å². The largest absolute Gasteiger partial charge is 0.369 e. The van der Waals surface area contributed by atoms with E-state index in [0.717, 1.165) is 50.1 Å². The molecule has 1 N–H and O–H groups in total. The van der Waals surface area contributed by atoms with Crippen LogP contribution in [-0.4, -0.2) is 53.6 Å². The molecule has 1 aromatic carbocycles. The maximum absolute atomic E-state index is 4.45. The molecule has 1 saturated heterocycles. The van der Waals surface area contributed by atoms with Crippen molar-refractivity contribution in [3.8, 4) is 0 Å². The van der Waals surface area contributed by atoms with E-state index in [1.807, 2.05) is 19.9 Å². The highest BCUT2D eigenvalue weighted by atomic mass is 15.3. The van der Waals surface area contributed by atoms with Crippen molar-refractivity contribution in [3.63, 3.8) is 0 Å².